The third-order valence-corrected chi connectivity index (χ3v) is 5.18. The SMILES string of the molecule is CCc1ccc(CN2CCn3ccc(=O)c(C4CC4)c3C2)cc1. The first kappa shape index (κ1) is 14.7. The van der Waals surface area contributed by atoms with Crippen molar-refractivity contribution in [2.45, 2.75) is 51.7 Å². The maximum absolute atomic E-state index is 12.3. The number of benzene rings is 1. The highest BCUT2D eigenvalue weighted by atomic mass is 16.1. The summed E-state index contributed by atoms with van der Waals surface area (Å²) in [5.74, 6) is 0.522. The lowest BCUT2D eigenvalue weighted by Gasteiger charge is -2.31. The van der Waals surface area contributed by atoms with Crippen LogP contribution < -0.4 is 5.43 Å². The third-order valence-electron chi connectivity index (χ3n) is 5.18. The molecule has 0 N–H and O–H groups in total. The van der Waals surface area contributed by atoms with Crippen LogP contribution in [0.3, 0.4) is 0 Å². The Morgan fingerprint density at radius 3 is 2.48 bits per heavy atom. The smallest absolute Gasteiger partial charge is 0.185 e. The maximum atomic E-state index is 12.3. The van der Waals surface area contributed by atoms with Gasteiger partial charge in [0.1, 0.15) is 0 Å². The van der Waals surface area contributed by atoms with Crippen molar-refractivity contribution in [1.29, 1.82) is 0 Å². The third kappa shape index (κ3) is 2.98. The predicted octanol–water partition coefficient (Wildman–Crippen LogP) is 3.30. The molecule has 0 spiro atoms. The lowest BCUT2D eigenvalue weighted by Crippen LogP contribution is -2.36. The van der Waals surface area contributed by atoms with Crippen LogP contribution in [0, 0.1) is 0 Å². The normalized spacial score (nSPS) is 18.0. The predicted molar refractivity (Wildman–Crippen MR) is 92.6 cm³/mol. The molecule has 120 valence electrons. The van der Waals surface area contributed by atoms with Crippen LogP contribution in [-0.2, 0) is 26.1 Å². The maximum Gasteiger partial charge on any atom is 0.185 e. The zero-order valence-electron chi connectivity index (χ0n) is 13.8. The Hall–Kier alpha value is -1.87. The number of aryl methyl sites for hydroxylation is 1. The minimum Gasteiger partial charge on any atom is -0.348 e. The molecule has 3 heteroatoms. The zero-order chi connectivity index (χ0) is 15.8. The molecule has 3 nitrogen and oxygen atoms in total. The van der Waals surface area contributed by atoms with E-state index in [1.165, 1.54) is 29.7 Å². The van der Waals surface area contributed by atoms with E-state index in [-0.39, 0.29) is 5.43 Å². The summed E-state index contributed by atoms with van der Waals surface area (Å²) in [5.41, 5.74) is 5.35. The van der Waals surface area contributed by atoms with Crippen molar-refractivity contribution in [2.24, 2.45) is 0 Å². The Labute approximate surface area is 137 Å². The number of aromatic nitrogens is 1. The fourth-order valence-electron chi connectivity index (χ4n) is 3.64. The minimum atomic E-state index is 0.243. The highest BCUT2D eigenvalue weighted by Crippen LogP contribution is 2.40. The number of hydrogen-bond donors (Lipinski definition) is 0. The topological polar surface area (TPSA) is 25.2 Å². The van der Waals surface area contributed by atoms with Gasteiger partial charge in [0, 0.05) is 49.7 Å². The van der Waals surface area contributed by atoms with Gasteiger partial charge in [0.25, 0.3) is 0 Å². The molecule has 0 unspecified atom stereocenters. The van der Waals surface area contributed by atoms with Crippen LogP contribution in [0.15, 0.2) is 41.3 Å². The fraction of sp³-hybridized carbons (Fsp3) is 0.450. The molecule has 0 radical (unpaired) electrons. The second-order valence-electron chi connectivity index (χ2n) is 6.89. The van der Waals surface area contributed by atoms with E-state index in [0.717, 1.165) is 38.2 Å². The molecular weight excluding hydrogens is 284 g/mol. The molecule has 1 saturated carbocycles. The average Bonchev–Trinajstić information content (AvgIpc) is 3.40. The summed E-state index contributed by atoms with van der Waals surface area (Å²) >= 11 is 0. The summed E-state index contributed by atoms with van der Waals surface area (Å²) in [7, 11) is 0. The van der Waals surface area contributed by atoms with Crippen LogP contribution in [0.25, 0.3) is 0 Å². The Kier molecular flexibility index (Phi) is 3.82. The van der Waals surface area contributed by atoms with Gasteiger partial charge in [-0.3, -0.25) is 9.69 Å². The van der Waals surface area contributed by atoms with Crippen molar-refractivity contribution in [3.8, 4) is 0 Å². The quantitative estimate of drug-likeness (QED) is 0.866. The van der Waals surface area contributed by atoms with Crippen LogP contribution in [0.4, 0.5) is 0 Å². The second kappa shape index (κ2) is 5.97. The molecule has 2 aromatic rings. The Morgan fingerprint density at radius 1 is 1.04 bits per heavy atom. The number of pyridine rings is 1. The second-order valence-corrected chi connectivity index (χ2v) is 6.89. The lowest BCUT2D eigenvalue weighted by atomic mass is 10.0. The summed E-state index contributed by atoms with van der Waals surface area (Å²) in [6, 6.07) is 10.7. The monoisotopic (exact) mass is 308 g/mol. The van der Waals surface area contributed by atoms with Crippen molar-refractivity contribution in [3.05, 3.63) is 69.1 Å². The zero-order valence-corrected chi connectivity index (χ0v) is 13.8. The van der Waals surface area contributed by atoms with Crippen LogP contribution in [0.5, 0.6) is 0 Å². The van der Waals surface area contributed by atoms with Gasteiger partial charge in [-0.1, -0.05) is 31.2 Å². The standard InChI is InChI=1S/C20H24N2O/c1-2-15-3-5-16(6-4-15)13-21-11-12-22-10-9-19(23)20(17-7-8-17)18(22)14-21/h3-6,9-10,17H,2,7-8,11-14H2,1H3. The summed E-state index contributed by atoms with van der Waals surface area (Å²) < 4.78 is 2.30. The fourth-order valence-corrected chi connectivity index (χ4v) is 3.64. The van der Waals surface area contributed by atoms with E-state index in [0.29, 0.717) is 5.92 Å². The van der Waals surface area contributed by atoms with E-state index in [1.54, 1.807) is 6.07 Å². The highest BCUT2D eigenvalue weighted by molar-refractivity contribution is 5.30. The van der Waals surface area contributed by atoms with Crippen LogP contribution in [-0.4, -0.2) is 16.0 Å². The van der Waals surface area contributed by atoms with Gasteiger partial charge in [-0.05, 0) is 36.3 Å². The van der Waals surface area contributed by atoms with E-state index in [1.807, 2.05) is 6.20 Å². The molecule has 0 saturated heterocycles. The number of hydrogen-bond acceptors (Lipinski definition) is 2. The Balaban J connectivity index is 1.55. The van der Waals surface area contributed by atoms with Gasteiger partial charge in [0.15, 0.2) is 5.43 Å². The Morgan fingerprint density at radius 2 is 1.78 bits per heavy atom. The van der Waals surface area contributed by atoms with E-state index >= 15 is 0 Å². The molecule has 2 heterocycles. The van der Waals surface area contributed by atoms with Crippen molar-refractivity contribution in [1.82, 2.24) is 9.47 Å². The molecule has 1 aromatic carbocycles. The Bertz CT molecular complexity index is 756. The molecule has 1 aliphatic heterocycles. The van der Waals surface area contributed by atoms with E-state index in [2.05, 4.69) is 40.7 Å². The summed E-state index contributed by atoms with van der Waals surface area (Å²) in [4.78, 5) is 14.8. The molecule has 0 atom stereocenters. The van der Waals surface area contributed by atoms with Gasteiger partial charge in [-0.15, -0.1) is 0 Å². The first-order valence-corrected chi connectivity index (χ1v) is 8.77. The van der Waals surface area contributed by atoms with Gasteiger partial charge in [-0.25, -0.2) is 0 Å². The minimum absolute atomic E-state index is 0.243. The highest BCUT2D eigenvalue weighted by Gasteiger charge is 2.31. The van der Waals surface area contributed by atoms with Crippen LogP contribution in [0.1, 0.15) is 48.1 Å². The number of nitrogens with zero attached hydrogens (tertiary/aromatic N) is 2. The van der Waals surface area contributed by atoms with Gasteiger partial charge in [0.2, 0.25) is 0 Å². The first-order chi connectivity index (χ1) is 11.2. The van der Waals surface area contributed by atoms with Crippen molar-refractivity contribution in [2.75, 3.05) is 6.54 Å². The molecule has 0 amide bonds. The number of fused-ring (bicyclic) bond motifs is 1. The van der Waals surface area contributed by atoms with E-state index < -0.39 is 0 Å². The molecule has 23 heavy (non-hydrogen) atoms. The molecular formula is C20H24N2O. The van der Waals surface area contributed by atoms with E-state index in [9.17, 15) is 4.79 Å². The van der Waals surface area contributed by atoms with Crippen molar-refractivity contribution >= 4 is 0 Å². The summed E-state index contributed by atoms with van der Waals surface area (Å²) in [5, 5.41) is 0. The largest absolute Gasteiger partial charge is 0.348 e. The number of rotatable bonds is 4. The van der Waals surface area contributed by atoms with Crippen molar-refractivity contribution < 1.29 is 0 Å². The molecule has 1 aliphatic carbocycles. The lowest BCUT2D eigenvalue weighted by molar-refractivity contribution is 0.209. The van der Waals surface area contributed by atoms with Gasteiger partial charge in [0.05, 0.1) is 0 Å². The van der Waals surface area contributed by atoms with E-state index in [4.69, 9.17) is 0 Å². The molecule has 1 fully saturated rings. The summed E-state index contributed by atoms with van der Waals surface area (Å²) in [6.45, 7) is 6.10. The molecule has 0 bridgehead atoms. The average molecular weight is 308 g/mol. The van der Waals surface area contributed by atoms with Gasteiger partial charge >= 0.3 is 0 Å². The molecule has 1 aromatic heterocycles. The van der Waals surface area contributed by atoms with Crippen molar-refractivity contribution in [3.63, 3.8) is 0 Å². The molecule has 2 aliphatic rings. The van der Waals surface area contributed by atoms with Crippen LogP contribution in [0.2, 0.25) is 0 Å². The first-order valence-electron chi connectivity index (χ1n) is 8.77. The van der Waals surface area contributed by atoms with Crippen LogP contribution >= 0.6 is 0 Å². The van der Waals surface area contributed by atoms with Gasteiger partial charge < -0.3 is 4.57 Å². The van der Waals surface area contributed by atoms with Gasteiger partial charge in [-0.2, -0.15) is 0 Å². The summed E-state index contributed by atoms with van der Waals surface area (Å²) in [6.07, 6.45) is 5.44. The molecule has 4 rings (SSSR count).